The molecule has 3 nitrogen and oxygen atoms in total. The second-order valence-corrected chi connectivity index (χ2v) is 4.87. The molecular formula is C15H21NO2. The molecule has 1 aromatic rings. The minimum atomic E-state index is -0.206. The maximum atomic E-state index is 12.2. The number of ketones is 1. The van der Waals surface area contributed by atoms with E-state index in [1.165, 1.54) is 5.56 Å². The molecule has 3 heteroatoms. The fourth-order valence-electron chi connectivity index (χ4n) is 2.12. The summed E-state index contributed by atoms with van der Waals surface area (Å²) in [6.45, 7) is 4.64. The van der Waals surface area contributed by atoms with Gasteiger partial charge in [-0.3, -0.25) is 9.78 Å². The number of Topliss-reactive ketones (excluding diaryl/α,β-unsaturated/α-hetero) is 1. The number of carbonyl (C=O) groups excluding carboxylic acids is 1. The van der Waals surface area contributed by atoms with E-state index in [-0.39, 0.29) is 11.9 Å². The first-order chi connectivity index (χ1) is 8.74. The van der Waals surface area contributed by atoms with Crippen LogP contribution in [0, 0.1) is 5.92 Å². The Kier molecular flexibility index (Phi) is 4.48. The Morgan fingerprint density at radius 1 is 1.44 bits per heavy atom. The fourth-order valence-corrected chi connectivity index (χ4v) is 2.12. The van der Waals surface area contributed by atoms with Crippen molar-refractivity contribution < 1.29 is 9.53 Å². The van der Waals surface area contributed by atoms with Gasteiger partial charge in [0, 0.05) is 18.5 Å². The van der Waals surface area contributed by atoms with Gasteiger partial charge in [0.05, 0.1) is 6.42 Å². The Balaban J connectivity index is 1.95. The predicted molar refractivity (Wildman–Crippen MR) is 70.5 cm³/mol. The van der Waals surface area contributed by atoms with Gasteiger partial charge in [-0.25, -0.2) is 0 Å². The Morgan fingerprint density at radius 3 is 2.72 bits per heavy atom. The van der Waals surface area contributed by atoms with Crippen LogP contribution in [0.1, 0.15) is 37.9 Å². The van der Waals surface area contributed by atoms with Gasteiger partial charge in [0.1, 0.15) is 6.10 Å². The van der Waals surface area contributed by atoms with Crippen molar-refractivity contribution in [2.45, 2.75) is 45.6 Å². The SMILES string of the molecule is CCOC(C(=O)Cc1ccc(CC)cn1)C1CC1. The highest BCUT2D eigenvalue weighted by molar-refractivity contribution is 5.85. The lowest BCUT2D eigenvalue weighted by atomic mass is 10.1. The molecule has 1 aliphatic carbocycles. The maximum Gasteiger partial charge on any atom is 0.167 e. The quantitative estimate of drug-likeness (QED) is 0.743. The molecule has 98 valence electrons. The summed E-state index contributed by atoms with van der Waals surface area (Å²) in [5.41, 5.74) is 2.05. The van der Waals surface area contributed by atoms with Gasteiger partial charge in [-0.05, 0) is 43.7 Å². The maximum absolute atomic E-state index is 12.2. The Labute approximate surface area is 109 Å². The largest absolute Gasteiger partial charge is 0.370 e. The second kappa shape index (κ2) is 6.10. The molecule has 2 rings (SSSR count). The molecule has 0 bridgehead atoms. The van der Waals surface area contributed by atoms with E-state index in [9.17, 15) is 4.79 Å². The van der Waals surface area contributed by atoms with Gasteiger partial charge in [-0.15, -0.1) is 0 Å². The summed E-state index contributed by atoms with van der Waals surface area (Å²) in [6.07, 6.45) is 5.27. The number of nitrogens with zero attached hydrogens (tertiary/aromatic N) is 1. The second-order valence-electron chi connectivity index (χ2n) is 4.87. The predicted octanol–water partition coefficient (Wildman–Crippen LogP) is 2.57. The van der Waals surface area contributed by atoms with Crippen LogP contribution in [0.25, 0.3) is 0 Å². The molecule has 0 saturated heterocycles. The molecule has 0 aliphatic heterocycles. The summed E-state index contributed by atoms with van der Waals surface area (Å²) >= 11 is 0. The van der Waals surface area contributed by atoms with E-state index < -0.39 is 0 Å². The molecule has 1 aliphatic rings. The minimum Gasteiger partial charge on any atom is -0.370 e. The van der Waals surface area contributed by atoms with E-state index in [4.69, 9.17) is 4.74 Å². The van der Waals surface area contributed by atoms with Crippen LogP contribution < -0.4 is 0 Å². The number of aromatic nitrogens is 1. The zero-order valence-electron chi connectivity index (χ0n) is 11.2. The van der Waals surface area contributed by atoms with Crippen molar-refractivity contribution in [3.8, 4) is 0 Å². The first-order valence-corrected chi connectivity index (χ1v) is 6.82. The highest BCUT2D eigenvalue weighted by atomic mass is 16.5. The van der Waals surface area contributed by atoms with Crippen LogP contribution in [-0.2, 0) is 22.4 Å². The van der Waals surface area contributed by atoms with Crippen molar-refractivity contribution in [1.82, 2.24) is 4.98 Å². The van der Waals surface area contributed by atoms with E-state index in [2.05, 4.69) is 11.9 Å². The molecule has 1 unspecified atom stereocenters. The van der Waals surface area contributed by atoms with Crippen molar-refractivity contribution >= 4 is 5.78 Å². The first kappa shape index (κ1) is 13.2. The van der Waals surface area contributed by atoms with Crippen molar-refractivity contribution in [1.29, 1.82) is 0 Å². The van der Waals surface area contributed by atoms with Gasteiger partial charge in [0.15, 0.2) is 5.78 Å². The number of hydrogen-bond acceptors (Lipinski definition) is 3. The molecule has 0 N–H and O–H groups in total. The Morgan fingerprint density at radius 2 is 2.22 bits per heavy atom. The van der Waals surface area contributed by atoms with Crippen molar-refractivity contribution in [2.75, 3.05) is 6.61 Å². The molecule has 1 fully saturated rings. The zero-order chi connectivity index (χ0) is 13.0. The van der Waals surface area contributed by atoms with Crippen LogP contribution in [0.3, 0.4) is 0 Å². The Hall–Kier alpha value is -1.22. The normalized spacial score (nSPS) is 16.6. The van der Waals surface area contributed by atoms with E-state index in [0.717, 1.165) is 25.0 Å². The average molecular weight is 247 g/mol. The van der Waals surface area contributed by atoms with Gasteiger partial charge in [0.25, 0.3) is 0 Å². The fraction of sp³-hybridized carbons (Fsp3) is 0.600. The summed E-state index contributed by atoms with van der Waals surface area (Å²) in [4.78, 5) is 16.5. The molecule has 1 heterocycles. The number of rotatable bonds is 7. The summed E-state index contributed by atoms with van der Waals surface area (Å²) in [7, 11) is 0. The first-order valence-electron chi connectivity index (χ1n) is 6.82. The van der Waals surface area contributed by atoms with Crippen LogP contribution in [0.5, 0.6) is 0 Å². The van der Waals surface area contributed by atoms with Crippen LogP contribution in [0.2, 0.25) is 0 Å². The summed E-state index contributed by atoms with van der Waals surface area (Å²) < 4.78 is 5.57. The molecule has 0 aromatic carbocycles. The van der Waals surface area contributed by atoms with Crippen molar-refractivity contribution in [3.05, 3.63) is 29.6 Å². The molecule has 0 spiro atoms. The van der Waals surface area contributed by atoms with Crippen LogP contribution in [0.4, 0.5) is 0 Å². The number of ether oxygens (including phenoxy) is 1. The van der Waals surface area contributed by atoms with E-state index in [0.29, 0.717) is 18.9 Å². The standard InChI is InChI=1S/C15H21NO2/c1-3-11-5-8-13(16-10-11)9-14(17)15(18-4-2)12-6-7-12/h5,8,10,12,15H,3-4,6-7,9H2,1-2H3. The number of hydrogen-bond donors (Lipinski definition) is 0. The van der Waals surface area contributed by atoms with Crippen molar-refractivity contribution in [2.24, 2.45) is 5.92 Å². The summed E-state index contributed by atoms with van der Waals surface area (Å²) in [6, 6.07) is 4.00. The lowest BCUT2D eigenvalue weighted by molar-refractivity contribution is -0.131. The molecule has 1 atom stereocenters. The Bertz CT molecular complexity index is 395. The third kappa shape index (κ3) is 3.39. The van der Waals surface area contributed by atoms with E-state index in [1.54, 1.807) is 0 Å². The lowest BCUT2D eigenvalue weighted by Crippen LogP contribution is -2.28. The highest BCUT2D eigenvalue weighted by Crippen LogP contribution is 2.35. The number of carbonyl (C=O) groups is 1. The molecule has 1 saturated carbocycles. The topological polar surface area (TPSA) is 39.2 Å². The molecule has 18 heavy (non-hydrogen) atoms. The smallest absolute Gasteiger partial charge is 0.167 e. The van der Waals surface area contributed by atoms with Gasteiger partial charge in [-0.1, -0.05) is 13.0 Å². The van der Waals surface area contributed by atoms with Gasteiger partial charge < -0.3 is 4.74 Å². The number of pyridine rings is 1. The lowest BCUT2D eigenvalue weighted by Gasteiger charge is -2.14. The monoisotopic (exact) mass is 247 g/mol. The summed E-state index contributed by atoms with van der Waals surface area (Å²) in [5.74, 6) is 0.628. The third-order valence-electron chi connectivity index (χ3n) is 3.36. The van der Waals surface area contributed by atoms with Crippen LogP contribution in [-0.4, -0.2) is 23.5 Å². The third-order valence-corrected chi connectivity index (χ3v) is 3.36. The minimum absolute atomic E-state index is 0.177. The van der Waals surface area contributed by atoms with Gasteiger partial charge >= 0.3 is 0 Å². The van der Waals surface area contributed by atoms with Crippen molar-refractivity contribution in [3.63, 3.8) is 0 Å². The zero-order valence-corrected chi connectivity index (χ0v) is 11.2. The highest BCUT2D eigenvalue weighted by Gasteiger charge is 2.36. The van der Waals surface area contributed by atoms with Gasteiger partial charge in [0.2, 0.25) is 0 Å². The van der Waals surface area contributed by atoms with Crippen LogP contribution >= 0.6 is 0 Å². The van der Waals surface area contributed by atoms with Crippen LogP contribution in [0.15, 0.2) is 18.3 Å². The molecular weight excluding hydrogens is 226 g/mol. The average Bonchev–Trinajstić information content (AvgIpc) is 3.21. The summed E-state index contributed by atoms with van der Waals surface area (Å²) in [5, 5.41) is 0. The van der Waals surface area contributed by atoms with E-state index >= 15 is 0 Å². The molecule has 0 amide bonds. The number of aryl methyl sites for hydroxylation is 1. The molecule has 1 aromatic heterocycles. The van der Waals surface area contributed by atoms with Gasteiger partial charge in [-0.2, -0.15) is 0 Å². The molecule has 0 radical (unpaired) electrons. The van der Waals surface area contributed by atoms with E-state index in [1.807, 2.05) is 25.3 Å².